The van der Waals surface area contributed by atoms with E-state index >= 15 is 0 Å². The number of rotatable bonds is 5. The highest BCUT2D eigenvalue weighted by Crippen LogP contribution is 2.26. The normalized spacial score (nSPS) is 17.8. The van der Waals surface area contributed by atoms with E-state index in [1.807, 2.05) is 29.4 Å². The van der Waals surface area contributed by atoms with Gasteiger partial charge in [-0.3, -0.25) is 4.79 Å². The first kappa shape index (κ1) is 17.4. The van der Waals surface area contributed by atoms with Gasteiger partial charge < -0.3 is 14.2 Å². The summed E-state index contributed by atoms with van der Waals surface area (Å²) in [5.41, 5.74) is 0.427. The maximum Gasteiger partial charge on any atom is 0.272 e. The van der Waals surface area contributed by atoms with E-state index < -0.39 is 0 Å². The van der Waals surface area contributed by atoms with Crippen molar-refractivity contribution >= 4 is 5.91 Å². The molecule has 1 saturated heterocycles. The van der Waals surface area contributed by atoms with Crippen LogP contribution in [0.4, 0.5) is 0 Å². The summed E-state index contributed by atoms with van der Waals surface area (Å²) in [4.78, 5) is 19.1. The Morgan fingerprint density at radius 3 is 3.00 bits per heavy atom. The van der Waals surface area contributed by atoms with Gasteiger partial charge in [0, 0.05) is 31.6 Å². The predicted molar refractivity (Wildman–Crippen MR) is 93.6 cm³/mol. The molecule has 2 aromatic rings. The minimum absolute atomic E-state index is 0.0256. The van der Waals surface area contributed by atoms with Crippen molar-refractivity contribution in [1.82, 2.24) is 24.6 Å². The Balaban J connectivity index is 1.74. The molecule has 7 heteroatoms. The second-order valence-electron chi connectivity index (χ2n) is 6.59. The number of hydrogen-bond acceptors (Lipinski definition) is 5. The molecule has 3 rings (SSSR count). The highest BCUT2D eigenvalue weighted by molar-refractivity contribution is 5.92. The molecule has 1 aliphatic rings. The highest BCUT2D eigenvalue weighted by atomic mass is 16.5. The van der Waals surface area contributed by atoms with Crippen LogP contribution in [-0.2, 0) is 6.54 Å². The molecule has 3 heterocycles. The number of carbonyl (C=O) groups excluding carboxylic acids is 1. The fourth-order valence-corrected chi connectivity index (χ4v) is 3.20. The zero-order chi connectivity index (χ0) is 17.8. The molecule has 1 aliphatic heterocycles. The fraction of sp³-hybridized carbons (Fsp3) is 0.556. The Hall–Kier alpha value is -2.44. The zero-order valence-electron chi connectivity index (χ0n) is 15.1. The van der Waals surface area contributed by atoms with Crippen molar-refractivity contribution in [2.24, 2.45) is 0 Å². The molecule has 1 unspecified atom stereocenters. The quantitative estimate of drug-likeness (QED) is 0.834. The smallest absolute Gasteiger partial charge is 0.272 e. The maximum atomic E-state index is 12.9. The van der Waals surface area contributed by atoms with Crippen LogP contribution in [0.3, 0.4) is 0 Å². The summed E-state index contributed by atoms with van der Waals surface area (Å²) in [6, 6.07) is 5.33. The van der Waals surface area contributed by atoms with Crippen molar-refractivity contribution in [1.29, 1.82) is 0 Å². The molecule has 2 aromatic heterocycles. The molecule has 0 spiro atoms. The Labute approximate surface area is 148 Å². The van der Waals surface area contributed by atoms with Crippen LogP contribution in [0.5, 0.6) is 5.88 Å². The van der Waals surface area contributed by atoms with Crippen LogP contribution in [0, 0.1) is 0 Å². The number of piperidine rings is 1. The van der Waals surface area contributed by atoms with Crippen molar-refractivity contribution in [3.63, 3.8) is 0 Å². The largest absolute Gasteiger partial charge is 0.475 e. The number of pyridine rings is 1. The Morgan fingerprint density at radius 2 is 2.24 bits per heavy atom. The monoisotopic (exact) mass is 343 g/mol. The van der Waals surface area contributed by atoms with Gasteiger partial charge in [0.2, 0.25) is 5.88 Å². The van der Waals surface area contributed by atoms with Crippen molar-refractivity contribution in [3.8, 4) is 5.88 Å². The second-order valence-corrected chi connectivity index (χ2v) is 6.59. The van der Waals surface area contributed by atoms with Crippen molar-refractivity contribution < 1.29 is 9.53 Å². The number of likely N-dealkylation sites (tertiary alicyclic amines) is 1. The summed E-state index contributed by atoms with van der Waals surface area (Å²) in [7, 11) is 0. The third-order valence-corrected chi connectivity index (χ3v) is 4.36. The van der Waals surface area contributed by atoms with Gasteiger partial charge in [0.25, 0.3) is 5.91 Å². The van der Waals surface area contributed by atoms with E-state index in [-0.39, 0.29) is 17.9 Å². The third kappa shape index (κ3) is 3.97. The van der Waals surface area contributed by atoms with Crippen LogP contribution in [0.1, 0.15) is 55.8 Å². The fourth-order valence-electron chi connectivity index (χ4n) is 3.20. The molecule has 0 bridgehead atoms. The molecule has 0 radical (unpaired) electrons. The van der Waals surface area contributed by atoms with Crippen LogP contribution in [0.25, 0.3) is 0 Å². The average Bonchev–Trinajstić information content (AvgIpc) is 3.09. The van der Waals surface area contributed by atoms with E-state index in [2.05, 4.69) is 22.1 Å². The van der Waals surface area contributed by atoms with Crippen LogP contribution < -0.4 is 4.74 Å². The molecule has 0 aromatic carbocycles. The van der Waals surface area contributed by atoms with Crippen molar-refractivity contribution in [2.45, 2.75) is 52.2 Å². The summed E-state index contributed by atoms with van der Waals surface area (Å²) < 4.78 is 7.65. The summed E-state index contributed by atoms with van der Waals surface area (Å²) in [5.74, 6) is 1.61. The van der Waals surface area contributed by atoms with Crippen molar-refractivity contribution in [3.05, 3.63) is 36.0 Å². The Bertz CT molecular complexity index is 728. The summed E-state index contributed by atoms with van der Waals surface area (Å²) in [5, 5.41) is 8.28. The molecule has 1 fully saturated rings. The molecule has 134 valence electrons. The summed E-state index contributed by atoms with van der Waals surface area (Å²) >= 11 is 0. The molecule has 7 nitrogen and oxygen atoms in total. The molecular formula is C18H25N5O2. The lowest BCUT2D eigenvalue weighted by molar-refractivity contribution is 0.0695. The Kier molecular flexibility index (Phi) is 5.31. The zero-order valence-corrected chi connectivity index (χ0v) is 15.1. The maximum absolute atomic E-state index is 12.9. The van der Waals surface area contributed by atoms with Gasteiger partial charge in [-0.2, -0.15) is 0 Å². The number of ether oxygens (including phenoxy) is 1. The van der Waals surface area contributed by atoms with E-state index in [1.54, 1.807) is 18.5 Å². The minimum Gasteiger partial charge on any atom is -0.475 e. The summed E-state index contributed by atoms with van der Waals surface area (Å²) in [6.45, 7) is 8.18. The molecule has 25 heavy (non-hydrogen) atoms. The van der Waals surface area contributed by atoms with Gasteiger partial charge in [0.1, 0.15) is 17.8 Å². The van der Waals surface area contributed by atoms with Crippen LogP contribution in [0.2, 0.25) is 0 Å². The third-order valence-electron chi connectivity index (χ3n) is 4.36. The van der Waals surface area contributed by atoms with E-state index in [1.165, 1.54) is 0 Å². The molecule has 1 amide bonds. The highest BCUT2D eigenvalue weighted by Gasteiger charge is 2.29. The predicted octanol–water partition coefficient (Wildman–Crippen LogP) is 2.50. The topological polar surface area (TPSA) is 73.1 Å². The first-order valence-electron chi connectivity index (χ1n) is 8.89. The second kappa shape index (κ2) is 7.63. The number of nitrogens with zero attached hydrogens (tertiary/aromatic N) is 5. The molecule has 0 saturated carbocycles. The molecular weight excluding hydrogens is 318 g/mol. The SMILES string of the molecule is CCn1cnnc1C1CCCN(C(=O)c2cccc(OC(C)C)n2)C1. The van der Waals surface area contributed by atoms with E-state index in [4.69, 9.17) is 4.74 Å². The van der Waals surface area contributed by atoms with Gasteiger partial charge in [0.15, 0.2) is 0 Å². The van der Waals surface area contributed by atoms with Gasteiger partial charge in [-0.1, -0.05) is 6.07 Å². The lowest BCUT2D eigenvalue weighted by Gasteiger charge is -2.32. The number of aromatic nitrogens is 4. The van der Waals surface area contributed by atoms with Crippen LogP contribution >= 0.6 is 0 Å². The minimum atomic E-state index is -0.0542. The van der Waals surface area contributed by atoms with Crippen molar-refractivity contribution in [2.75, 3.05) is 13.1 Å². The van der Waals surface area contributed by atoms with Gasteiger partial charge in [-0.05, 0) is 39.7 Å². The Morgan fingerprint density at radius 1 is 1.40 bits per heavy atom. The van der Waals surface area contributed by atoms with Gasteiger partial charge in [-0.25, -0.2) is 4.98 Å². The standard InChI is InChI=1S/C18H25N5O2/c1-4-22-12-19-21-17(22)14-7-6-10-23(11-14)18(24)15-8-5-9-16(20-15)25-13(2)3/h5,8-9,12-14H,4,6-7,10-11H2,1-3H3. The number of amides is 1. The van der Waals surface area contributed by atoms with Gasteiger partial charge in [-0.15, -0.1) is 10.2 Å². The molecule has 0 aliphatic carbocycles. The average molecular weight is 343 g/mol. The first-order valence-corrected chi connectivity index (χ1v) is 8.89. The summed E-state index contributed by atoms with van der Waals surface area (Å²) in [6.07, 6.45) is 3.75. The number of carbonyl (C=O) groups is 1. The molecule has 0 N–H and O–H groups in total. The van der Waals surface area contributed by atoms with E-state index in [0.29, 0.717) is 18.1 Å². The van der Waals surface area contributed by atoms with E-state index in [9.17, 15) is 4.79 Å². The number of hydrogen-bond donors (Lipinski definition) is 0. The lowest BCUT2D eigenvalue weighted by Crippen LogP contribution is -2.40. The first-order chi connectivity index (χ1) is 12.1. The van der Waals surface area contributed by atoms with Gasteiger partial charge in [0.05, 0.1) is 6.10 Å². The lowest BCUT2D eigenvalue weighted by atomic mass is 9.97. The van der Waals surface area contributed by atoms with Crippen LogP contribution in [0.15, 0.2) is 24.5 Å². The van der Waals surface area contributed by atoms with Gasteiger partial charge >= 0.3 is 0 Å². The van der Waals surface area contributed by atoms with Crippen LogP contribution in [-0.4, -0.2) is 49.7 Å². The molecule has 1 atom stereocenters. The number of aryl methyl sites for hydroxylation is 1. The van der Waals surface area contributed by atoms with E-state index in [0.717, 1.165) is 31.8 Å².